The lowest BCUT2D eigenvalue weighted by molar-refractivity contribution is 0.0604. The van der Waals surface area contributed by atoms with Gasteiger partial charge in [0.1, 0.15) is 17.2 Å². The van der Waals surface area contributed by atoms with Crippen LogP contribution in [0.1, 0.15) is 34.7 Å². The maximum atomic E-state index is 13.9. The molecule has 4 nitrogen and oxygen atoms in total. The lowest BCUT2D eigenvalue weighted by atomic mass is 10.0. The number of halogens is 1. The average Bonchev–Trinajstić information content (AvgIpc) is 3.11. The molecule has 1 aliphatic rings. The van der Waals surface area contributed by atoms with Gasteiger partial charge in [0.15, 0.2) is 0 Å². The summed E-state index contributed by atoms with van der Waals surface area (Å²) in [4.78, 5) is 14.6. The van der Waals surface area contributed by atoms with E-state index in [0.29, 0.717) is 16.5 Å². The van der Waals surface area contributed by atoms with Gasteiger partial charge in [-0.3, -0.25) is 0 Å². The number of hydrogen-bond acceptors (Lipinski definition) is 3. The van der Waals surface area contributed by atoms with Crippen LogP contribution in [0.5, 0.6) is 0 Å². The molecule has 0 amide bonds. The average molecular weight is 248 g/mol. The highest BCUT2D eigenvalue weighted by Crippen LogP contribution is 2.45. The van der Waals surface area contributed by atoms with Crippen molar-refractivity contribution in [1.29, 1.82) is 0 Å². The fourth-order valence-corrected chi connectivity index (χ4v) is 2.37. The molecule has 3 rings (SSSR count). The SMILES string of the molecule is COC(=O)c1c(N)[nH]c2c(C3CC3)c(F)ccc12. The van der Waals surface area contributed by atoms with Gasteiger partial charge < -0.3 is 15.5 Å². The van der Waals surface area contributed by atoms with Gasteiger partial charge in [-0.1, -0.05) is 0 Å². The Bertz CT molecular complexity index is 644. The van der Waals surface area contributed by atoms with Gasteiger partial charge in [0, 0.05) is 10.9 Å². The molecule has 94 valence electrons. The highest BCUT2D eigenvalue weighted by molar-refractivity contribution is 6.09. The van der Waals surface area contributed by atoms with E-state index in [4.69, 9.17) is 10.5 Å². The van der Waals surface area contributed by atoms with E-state index in [0.717, 1.165) is 12.8 Å². The number of carbonyl (C=O) groups excluding carboxylic acids is 1. The fraction of sp³-hybridized carbons (Fsp3) is 0.308. The van der Waals surface area contributed by atoms with Gasteiger partial charge in [-0.2, -0.15) is 0 Å². The first-order chi connectivity index (χ1) is 8.63. The minimum atomic E-state index is -0.507. The number of ether oxygens (including phenoxy) is 1. The van der Waals surface area contributed by atoms with Crippen LogP contribution in [0.25, 0.3) is 10.9 Å². The molecule has 0 unspecified atom stereocenters. The molecule has 5 heteroatoms. The minimum Gasteiger partial charge on any atom is -0.465 e. The van der Waals surface area contributed by atoms with E-state index in [1.165, 1.54) is 13.2 Å². The van der Waals surface area contributed by atoms with Crippen molar-refractivity contribution in [2.75, 3.05) is 12.8 Å². The molecule has 0 radical (unpaired) electrons. The highest BCUT2D eigenvalue weighted by Gasteiger charge is 2.31. The van der Waals surface area contributed by atoms with Crippen LogP contribution < -0.4 is 5.73 Å². The second kappa shape index (κ2) is 3.73. The summed E-state index contributed by atoms with van der Waals surface area (Å²) in [5, 5.41) is 0.627. The third-order valence-electron chi connectivity index (χ3n) is 3.37. The molecule has 0 bridgehead atoms. The molecule has 0 saturated heterocycles. The van der Waals surface area contributed by atoms with Crippen molar-refractivity contribution in [1.82, 2.24) is 4.98 Å². The van der Waals surface area contributed by atoms with Gasteiger partial charge in [-0.15, -0.1) is 0 Å². The summed E-state index contributed by atoms with van der Waals surface area (Å²) in [5.74, 6) is -0.295. The van der Waals surface area contributed by atoms with Crippen molar-refractivity contribution >= 4 is 22.7 Å². The van der Waals surface area contributed by atoms with Crippen molar-refractivity contribution < 1.29 is 13.9 Å². The lowest BCUT2D eigenvalue weighted by Gasteiger charge is -2.03. The molecule has 1 heterocycles. The van der Waals surface area contributed by atoms with E-state index >= 15 is 0 Å². The first kappa shape index (κ1) is 11.1. The third-order valence-corrected chi connectivity index (χ3v) is 3.37. The zero-order valence-electron chi connectivity index (χ0n) is 9.92. The number of benzene rings is 1. The monoisotopic (exact) mass is 248 g/mol. The van der Waals surface area contributed by atoms with Crippen LogP contribution in [0.4, 0.5) is 10.2 Å². The number of anilines is 1. The highest BCUT2D eigenvalue weighted by atomic mass is 19.1. The smallest absolute Gasteiger partial charge is 0.342 e. The molecule has 0 aliphatic heterocycles. The number of fused-ring (bicyclic) bond motifs is 1. The van der Waals surface area contributed by atoms with Crippen molar-refractivity contribution in [2.45, 2.75) is 18.8 Å². The first-order valence-corrected chi connectivity index (χ1v) is 5.81. The summed E-state index contributed by atoms with van der Waals surface area (Å²) in [6, 6.07) is 2.95. The molecule has 0 atom stereocenters. The zero-order chi connectivity index (χ0) is 12.9. The van der Waals surface area contributed by atoms with Gasteiger partial charge in [0.05, 0.1) is 12.6 Å². The van der Waals surface area contributed by atoms with Crippen LogP contribution in [0, 0.1) is 5.82 Å². The summed E-state index contributed by atoms with van der Waals surface area (Å²) in [6.07, 6.45) is 1.95. The number of aromatic nitrogens is 1. The Kier molecular flexibility index (Phi) is 2.29. The molecule has 0 spiro atoms. The summed E-state index contributed by atoms with van der Waals surface area (Å²) < 4.78 is 18.6. The molecule has 1 aliphatic carbocycles. The van der Waals surface area contributed by atoms with Crippen molar-refractivity contribution in [3.8, 4) is 0 Å². The van der Waals surface area contributed by atoms with Crippen molar-refractivity contribution in [2.24, 2.45) is 0 Å². The summed E-state index contributed by atoms with van der Waals surface area (Å²) >= 11 is 0. The quantitative estimate of drug-likeness (QED) is 0.802. The molecule has 1 aromatic carbocycles. The maximum absolute atomic E-state index is 13.9. The molecule has 1 aromatic heterocycles. The number of carbonyl (C=O) groups is 1. The Labute approximate surface area is 103 Å². The fourth-order valence-electron chi connectivity index (χ4n) is 2.37. The summed E-state index contributed by atoms with van der Waals surface area (Å²) in [7, 11) is 1.30. The van der Waals surface area contributed by atoms with Crippen LogP contribution in [-0.4, -0.2) is 18.1 Å². The van der Waals surface area contributed by atoms with E-state index < -0.39 is 5.97 Å². The zero-order valence-corrected chi connectivity index (χ0v) is 9.92. The lowest BCUT2D eigenvalue weighted by Crippen LogP contribution is -2.03. The van der Waals surface area contributed by atoms with Gasteiger partial charge >= 0.3 is 5.97 Å². The summed E-state index contributed by atoms with van der Waals surface area (Å²) in [5.41, 5.74) is 7.33. The number of methoxy groups -OCH3 is 1. The molecule has 3 N–H and O–H groups in total. The van der Waals surface area contributed by atoms with Crippen LogP contribution in [0.3, 0.4) is 0 Å². The molecule has 1 fully saturated rings. The second-order valence-corrected chi connectivity index (χ2v) is 4.56. The second-order valence-electron chi connectivity index (χ2n) is 4.56. The number of H-pyrrole nitrogens is 1. The van der Waals surface area contributed by atoms with Crippen LogP contribution >= 0.6 is 0 Å². The van der Waals surface area contributed by atoms with Gasteiger partial charge in [0.2, 0.25) is 0 Å². The summed E-state index contributed by atoms with van der Waals surface area (Å²) in [6.45, 7) is 0. The van der Waals surface area contributed by atoms with E-state index in [-0.39, 0.29) is 23.1 Å². The van der Waals surface area contributed by atoms with Crippen LogP contribution in [0.2, 0.25) is 0 Å². The Morgan fingerprint density at radius 2 is 2.22 bits per heavy atom. The molecule has 1 saturated carbocycles. The normalized spacial score (nSPS) is 15.0. The predicted molar refractivity (Wildman–Crippen MR) is 66.0 cm³/mol. The maximum Gasteiger partial charge on any atom is 0.342 e. The standard InChI is InChI=1S/C13H13FN2O2/c1-18-13(17)10-7-4-5-8(14)9(6-2-3-6)11(7)16-12(10)15/h4-6,16H,2-3,15H2,1H3. The topological polar surface area (TPSA) is 68.1 Å². The Balaban J connectivity index is 2.31. The molecule has 2 aromatic rings. The molecular weight excluding hydrogens is 235 g/mol. The van der Waals surface area contributed by atoms with Crippen LogP contribution in [-0.2, 0) is 4.74 Å². The van der Waals surface area contributed by atoms with E-state index in [1.807, 2.05) is 0 Å². The minimum absolute atomic E-state index is 0.226. The van der Waals surface area contributed by atoms with Gasteiger partial charge in [0.25, 0.3) is 0 Å². The number of aromatic amines is 1. The van der Waals surface area contributed by atoms with Gasteiger partial charge in [-0.25, -0.2) is 9.18 Å². The largest absolute Gasteiger partial charge is 0.465 e. The number of nitrogens with two attached hydrogens (primary N) is 1. The Morgan fingerprint density at radius 3 is 2.83 bits per heavy atom. The molecule has 18 heavy (non-hydrogen) atoms. The Morgan fingerprint density at radius 1 is 1.50 bits per heavy atom. The van der Waals surface area contributed by atoms with Crippen LogP contribution in [0.15, 0.2) is 12.1 Å². The molecular formula is C13H13FN2O2. The Hall–Kier alpha value is -2.04. The van der Waals surface area contributed by atoms with Gasteiger partial charge in [-0.05, 0) is 30.9 Å². The van der Waals surface area contributed by atoms with E-state index in [2.05, 4.69) is 4.98 Å². The number of nitrogen functional groups attached to an aromatic ring is 1. The van der Waals surface area contributed by atoms with E-state index in [1.54, 1.807) is 6.07 Å². The third kappa shape index (κ3) is 1.47. The first-order valence-electron chi connectivity index (χ1n) is 5.81. The number of rotatable bonds is 2. The number of esters is 1. The van der Waals surface area contributed by atoms with E-state index in [9.17, 15) is 9.18 Å². The number of nitrogens with one attached hydrogen (secondary N) is 1. The van der Waals surface area contributed by atoms with Crippen molar-refractivity contribution in [3.05, 3.63) is 29.1 Å². The van der Waals surface area contributed by atoms with Crippen molar-refractivity contribution in [3.63, 3.8) is 0 Å². The number of hydrogen-bond donors (Lipinski definition) is 2. The predicted octanol–water partition coefficient (Wildman–Crippen LogP) is 2.55.